The average molecular weight is 218 g/mol. The number of hydrogen-bond acceptors (Lipinski definition) is 4. The normalized spacial score (nSPS) is 9.56. The first-order valence-electron chi connectivity index (χ1n) is 4.91. The minimum atomic E-state index is -0.146. The molecule has 0 atom stereocenters. The van der Waals surface area contributed by atoms with Crippen molar-refractivity contribution in [1.29, 1.82) is 5.26 Å². The topological polar surface area (TPSA) is 83.0 Å². The van der Waals surface area contributed by atoms with Gasteiger partial charge in [0.1, 0.15) is 5.82 Å². The van der Waals surface area contributed by atoms with Crippen molar-refractivity contribution in [3.8, 4) is 6.07 Å². The van der Waals surface area contributed by atoms with E-state index in [0.29, 0.717) is 30.0 Å². The Morgan fingerprint density at radius 2 is 2.31 bits per heavy atom. The summed E-state index contributed by atoms with van der Waals surface area (Å²) in [6, 6.07) is 5.22. The second-order valence-electron chi connectivity index (χ2n) is 3.56. The van der Waals surface area contributed by atoms with E-state index >= 15 is 0 Å². The number of carbonyl (C=O) groups excluding carboxylic acids is 1. The molecule has 84 valence electrons. The number of anilines is 1. The Hall–Kier alpha value is -2.09. The van der Waals surface area contributed by atoms with Crippen LogP contribution in [0.4, 0.5) is 5.82 Å². The number of amides is 1. The number of pyridine rings is 1. The van der Waals surface area contributed by atoms with Crippen LogP contribution in [-0.4, -0.2) is 29.4 Å². The molecular formula is C11H14N4O. The van der Waals surface area contributed by atoms with Gasteiger partial charge < -0.3 is 10.6 Å². The summed E-state index contributed by atoms with van der Waals surface area (Å²) in [7, 11) is 1.66. The maximum atomic E-state index is 11.9. The van der Waals surface area contributed by atoms with E-state index < -0.39 is 0 Å². The van der Waals surface area contributed by atoms with Gasteiger partial charge in [-0.1, -0.05) is 0 Å². The van der Waals surface area contributed by atoms with E-state index in [4.69, 9.17) is 11.0 Å². The van der Waals surface area contributed by atoms with Crippen LogP contribution in [0, 0.1) is 18.3 Å². The zero-order valence-corrected chi connectivity index (χ0v) is 9.40. The SMILES string of the molecule is Cc1cc(C(=O)N(C)CCC#N)cc(N)n1. The molecule has 2 N–H and O–H groups in total. The number of rotatable bonds is 3. The van der Waals surface area contributed by atoms with Gasteiger partial charge in [-0.25, -0.2) is 4.98 Å². The Morgan fingerprint density at radius 3 is 2.88 bits per heavy atom. The number of nitriles is 1. The van der Waals surface area contributed by atoms with Gasteiger partial charge in [-0.05, 0) is 19.1 Å². The van der Waals surface area contributed by atoms with Crippen LogP contribution >= 0.6 is 0 Å². The van der Waals surface area contributed by atoms with Crippen LogP contribution in [0.1, 0.15) is 22.5 Å². The van der Waals surface area contributed by atoms with E-state index in [1.807, 2.05) is 6.07 Å². The van der Waals surface area contributed by atoms with Gasteiger partial charge in [-0.2, -0.15) is 5.26 Å². The lowest BCUT2D eigenvalue weighted by Gasteiger charge is -2.15. The highest BCUT2D eigenvalue weighted by molar-refractivity contribution is 5.94. The Labute approximate surface area is 94.5 Å². The van der Waals surface area contributed by atoms with E-state index in [-0.39, 0.29) is 5.91 Å². The average Bonchev–Trinajstić information content (AvgIpc) is 2.23. The monoisotopic (exact) mass is 218 g/mol. The van der Waals surface area contributed by atoms with Crippen molar-refractivity contribution in [3.05, 3.63) is 23.4 Å². The molecule has 1 heterocycles. The Balaban J connectivity index is 2.84. The van der Waals surface area contributed by atoms with Crippen LogP contribution in [0.5, 0.6) is 0 Å². The first-order chi connectivity index (χ1) is 7.54. The van der Waals surface area contributed by atoms with Crippen LogP contribution in [0.2, 0.25) is 0 Å². The van der Waals surface area contributed by atoms with Crippen LogP contribution in [0.15, 0.2) is 12.1 Å². The summed E-state index contributed by atoms with van der Waals surface area (Å²) in [6.45, 7) is 2.19. The molecule has 1 aromatic heterocycles. The van der Waals surface area contributed by atoms with Crippen molar-refractivity contribution in [2.24, 2.45) is 0 Å². The van der Waals surface area contributed by atoms with E-state index in [1.54, 1.807) is 20.0 Å². The quantitative estimate of drug-likeness (QED) is 0.819. The summed E-state index contributed by atoms with van der Waals surface area (Å²) >= 11 is 0. The predicted octanol–water partition coefficient (Wildman–Crippen LogP) is 0.958. The molecule has 1 aromatic rings. The van der Waals surface area contributed by atoms with Crippen LogP contribution in [0.3, 0.4) is 0 Å². The van der Waals surface area contributed by atoms with E-state index in [9.17, 15) is 4.79 Å². The summed E-state index contributed by atoms with van der Waals surface area (Å²) in [5, 5.41) is 8.44. The molecule has 5 heteroatoms. The molecule has 0 spiro atoms. The Morgan fingerprint density at radius 1 is 1.62 bits per heavy atom. The molecule has 0 aliphatic rings. The highest BCUT2D eigenvalue weighted by atomic mass is 16.2. The number of nitrogens with two attached hydrogens (primary N) is 1. The second-order valence-corrected chi connectivity index (χ2v) is 3.56. The van der Waals surface area contributed by atoms with Crippen molar-refractivity contribution < 1.29 is 4.79 Å². The highest BCUT2D eigenvalue weighted by Gasteiger charge is 2.12. The Kier molecular flexibility index (Phi) is 3.84. The molecule has 0 saturated carbocycles. The third kappa shape index (κ3) is 2.95. The summed E-state index contributed by atoms with van der Waals surface area (Å²) in [4.78, 5) is 17.4. The van der Waals surface area contributed by atoms with Crippen molar-refractivity contribution >= 4 is 11.7 Å². The molecular weight excluding hydrogens is 204 g/mol. The van der Waals surface area contributed by atoms with Gasteiger partial charge in [0.25, 0.3) is 5.91 Å². The molecule has 0 fully saturated rings. The largest absolute Gasteiger partial charge is 0.384 e. The van der Waals surface area contributed by atoms with Gasteiger partial charge in [0.05, 0.1) is 12.5 Å². The summed E-state index contributed by atoms with van der Waals surface area (Å²) < 4.78 is 0. The fraction of sp³-hybridized carbons (Fsp3) is 0.364. The lowest BCUT2D eigenvalue weighted by Crippen LogP contribution is -2.27. The van der Waals surface area contributed by atoms with Crippen LogP contribution < -0.4 is 5.73 Å². The number of aryl methyl sites for hydroxylation is 1. The molecule has 0 bridgehead atoms. The van der Waals surface area contributed by atoms with Crippen LogP contribution in [-0.2, 0) is 0 Å². The molecule has 0 unspecified atom stereocenters. The van der Waals surface area contributed by atoms with Crippen molar-refractivity contribution in [2.45, 2.75) is 13.3 Å². The first-order valence-corrected chi connectivity index (χ1v) is 4.91. The van der Waals surface area contributed by atoms with Gasteiger partial charge in [0, 0.05) is 24.8 Å². The smallest absolute Gasteiger partial charge is 0.253 e. The standard InChI is InChI=1S/C11H14N4O/c1-8-6-9(7-10(13)14-8)11(16)15(2)5-3-4-12/h6-7H,3,5H2,1-2H3,(H2,13,14). The molecule has 0 saturated heterocycles. The number of carbonyl (C=O) groups is 1. The zero-order valence-electron chi connectivity index (χ0n) is 9.40. The molecule has 0 radical (unpaired) electrons. The summed E-state index contributed by atoms with van der Waals surface area (Å²) in [6.07, 6.45) is 0.321. The van der Waals surface area contributed by atoms with Gasteiger partial charge in [-0.3, -0.25) is 4.79 Å². The van der Waals surface area contributed by atoms with Gasteiger partial charge in [0.15, 0.2) is 0 Å². The van der Waals surface area contributed by atoms with Gasteiger partial charge in [0.2, 0.25) is 0 Å². The lowest BCUT2D eigenvalue weighted by atomic mass is 10.2. The molecule has 1 amide bonds. The minimum Gasteiger partial charge on any atom is -0.384 e. The van der Waals surface area contributed by atoms with Crippen molar-refractivity contribution in [1.82, 2.24) is 9.88 Å². The van der Waals surface area contributed by atoms with Crippen LogP contribution in [0.25, 0.3) is 0 Å². The summed E-state index contributed by atoms with van der Waals surface area (Å²) in [5.74, 6) is 0.185. The first kappa shape index (κ1) is 12.0. The fourth-order valence-electron chi connectivity index (χ4n) is 1.36. The van der Waals surface area contributed by atoms with E-state index in [1.165, 1.54) is 11.0 Å². The third-order valence-electron chi connectivity index (χ3n) is 2.13. The number of aromatic nitrogens is 1. The molecule has 0 aliphatic heterocycles. The van der Waals surface area contributed by atoms with Crippen molar-refractivity contribution in [2.75, 3.05) is 19.3 Å². The predicted molar refractivity (Wildman–Crippen MR) is 60.6 cm³/mol. The van der Waals surface area contributed by atoms with Crippen molar-refractivity contribution in [3.63, 3.8) is 0 Å². The lowest BCUT2D eigenvalue weighted by molar-refractivity contribution is 0.0798. The summed E-state index contributed by atoms with van der Waals surface area (Å²) in [5.41, 5.74) is 6.77. The molecule has 0 aromatic carbocycles. The highest BCUT2D eigenvalue weighted by Crippen LogP contribution is 2.09. The minimum absolute atomic E-state index is 0.146. The Bertz CT molecular complexity index is 416. The zero-order chi connectivity index (χ0) is 12.1. The number of hydrogen-bond donors (Lipinski definition) is 1. The fourth-order valence-corrected chi connectivity index (χ4v) is 1.36. The van der Waals surface area contributed by atoms with E-state index in [2.05, 4.69) is 4.98 Å². The third-order valence-corrected chi connectivity index (χ3v) is 2.13. The molecule has 1 rings (SSSR count). The van der Waals surface area contributed by atoms with Gasteiger partial charge in [-0.15, -0.1) is 0 Å². The molecule has 16 heavy (non-hydrogen) atoms. The molecule has 5 nitrogen and oxygen atoms in total. The van der Waals surface area contributed by atoms with Gasteiger partial charge >= 0.3 is 0 Å². The maximum absolute atomic E-state index is 11.9. The number of nitrogen functional groups attached to an aromatic ring is 1. The van der Waals surface area contributed by atoms with E-state index in [0.717, 1.165) is 0 Å². The second kappa shape index (κ2) is 5.12. The molecule has 0 aliphatic carbocycles. The maximum Gasteiger partial charge on any atom is 0.253 e. The number of nitrogens with zero attached hydrogens (tertiary/aromatic N) is 3.